The highest BCUT2D eigenvalue weighted by Crippen LogP contribution is 2.28. The van der Waals surface area contributed by atoms with Crippen LogP contribution in [0.5, 0.6) is 5.88 Å². The van der Waals surface area contributed by atoms with Crippen LogP contribution in [0.1, 0.15) is 62.4 Å². The van der Waals surface area contributed by atoms with Gasteiger partial charge in [-0.3, -0.25) is 9.59 Å². The number of hydrogen-bond acceptors (Lipinski definition) is 6. The number of hydrogen-bond donors (Lipinski definition) is 1. The molecule has 1 N–H and O–H groups in total. The van der Waals surface area contributed by atoms with E-state index in [0.29, 0.717) is 37.4 Å². The third-order valence-corrected chi connectivity index (χ3v) is 6.53. The van der Waals surface area contributed by atoms with Crippen molar-refractivity contribution in [3.05, 3.63) is 23.4 Å². The molecule has 0 aromatic carbocycles. The molecular formula is C26H37N3O5. The van der Waals surface area contributed by atoms with E-state index in [9.17, 15) is 14.7 Å². The van der Waals surface area contributed by atoms with Crippen LogP contribution in [0.2, 0.25) is 0 Å². The summed E-state index contributed by atoms with van der Waals surface area (Å²) < 4.78 is 11.7. The Bertz CT molecular complexity index is 919. The predicted octanol–water partition coefficient (Wildman–Crippen LogP) is 2.34. The van der Waals surface area contributed by atoms with Gasteiger partial charge in [-0.25, -0.2) is 4.98 Å². The summed E-state index contributed by atoms with van der Waals surface area (Å²) >= 11 is 0. The van der Waals surface area contributed by atoms with Crippen molar-refractivity contribution in [3.63, 3.8) is 0 Å². The second kappa shape index (κ2) is 12.2. The second-order valence-electron chi connectivity index (χ2n) is 9.36. The smallest absolute Gasteiger partial charge is 0.259 e. The first kappa shape index (κ1) is 26.0. The van der Waals surface area contributed by atoms with E-state index in [1.165, 1.54) is 0 Å². The van der Waals surface area contributed by atoms with Crippen molar-refractivity contribution in [2.45, 2.75) is 58.6 Å². The molecule has 3 heterocycles. The van der Waals surface area contributed by atoms with E-state index in [0.717, 1.165) is 25.7 Å². The number of likely N-dealkylation sites (N-methyl/N-ethyl adjacent to an activating group) is 1. The van der Waals surface area contributed by atoms with Crippen LogP contribution in [0.4, 0.5) is 0 Å². The third-order valence-electron chi connectivity index (χ3n) is 6.53. The normalized spacial score (nSPS) is 21.9. The maximum absolute atomic E-state index is 13.4. The van der Waals surface area contributed by atoms with E-state index >= 15 is 0 Å². The fourth-order valence-electron chi connectivity index (χ4n) is 4.29. The van der Waals surface area contributed by atoms with Crippen molar-refractivity contribution in [2.24, 2.45) is 11.8 Å². The fraction of sp³-hybridized carbons (Fsp3) is 0.654. The zero-order chi connectivity index (χ0) is 24.7. The Kier molecular flexibility index (Phi) is 9.31. The quantitative estimate of drug-likeness (QED) is 0.641. The predicted molar refractivity (Wildman–Crippen MR) is 128 cm³/mol. The monoisotopic (exact) mass is 471 g/mol. The van der Waals surface area contributed by atoms with Crippen molar-refractivity contribution in [2.75, 3.05) is 40.0 Å². The Labute approximate surface area is 202 Å². The van der Waals surface area contributed by atoms with Gasteiger partial charge in [0.1, 0.15) is 11.7 Å². The number of fused-ring (bicyclic) bond motifs is 1. The molecule has 2 aliphatic rings. The number of aliphatic hydroxyl groups is 1. The zero-order valence-corrected chi connectivity index (χ0v) is 20.7. The average Bonchev–Trinajstić information content (AvgIpc) is 2.86. The van der Waals surface area contributed by atoms with Crippen molar-refractivity contribution in [3.8, 4) is 17.7 Å². The number of aliphatic hydroxyl groups excluding tert-OH is 1. The molecule has 8 nitrogen and oxygen atoms in total. The minimum atomic E-state index is -0.363. The molecule has 2 amide bonds. The van der Waals surface area contributed by atoms with E-state index in [4.69, 9.17) is 9.47 Å². The lowest BCUT2D eigenvalue weighted by Crippen LogP contribution is -2.51. The summed E-state index contributed by atoms with van der Waals surface area (Å²) in [6.07, 6.45) is 4.43. The molecule has 1 aromatic rings. The summed E-state index contributed by atoms with van der Waals surface area (Å²) in [6.45, 7) is 7.73. The van der Waals surface area contributed by atoms with Crippen LogP contribution in [0.3, 0.4) is 0 Å². The van der Waals surface area contributed by atoms with Gasteiger partial charge in [0.15, 0.2) is 0 Å². The summed E-state index contributed by atoms with van der Waals surface area (Å²) in [5, 5.41) is 9.80. The molecule has 34 heavy (non-hydrogen) atoms. The third kappa shape index (κ3) is 6.28. The molecule has 1 fully saturated rings. The summed E-state index contributed by atoms with van der Waals surface area (Å²) in [6, 6.07) is 1.35. The van der Waals surface area contributed by atoms with Crippen LogP contribution in [-0.2, 0) is 9.53 Å². The first-order chi connectivity index (χ1) is 16.3. The molecule has 0 aliphatic carbocycles. The minimum Gasteiger partial charge on any atom is -0.472 e. The highest BCUT2D eigenvalue weighted by Gasteiger charge is 2.35. The lowest BCUT2D eigenvalue weighted by molar-refractivity contribution is -0.138. The van der Waals surface area contributed by atoms with Crippen LogP contribution in [0, 0.1) is 23.7 Å². The number of pyridine rings is 1. The molecule has 0 saturated carbocycles. The van der Waals surface area contributed by atoms with Crippen molar-refractivity contribution < 1.29 is 24.2 Å². The van der Waals surface area contributed by atoms with Crippen LogP contribution in [0.15, 0.2) is 12.3 Å². The highest BCUT2D eigenvalue weighted by atomic mass is 16.5. The highest BCUT2D eigenvalue weighted by molar-refractivity contribution is 5.97. The van der Waals surface area contributed by atoms with E-state index in [2.05, 4.69) is 23.7 Å². The summed E-state index contributed by atoms with van der Waals surface area (Å²) in [7, 11) is 1.80. The average molecular weight is 472 g/mol. The van der Waals surface area contributed by atoms with E-state index in [1.54, 1.807) is 29.1 Å². The largest absolute Gasteiger partial charge is 0.472 e. The summed E-state index contributed by atoms with van der Waals surface area (Å²) in [5.41, 5.74) is 0.983. The molecule has 3 atom stereocenters. The number of carbonyl (C=O) groups excluding carboxylic acids is 2. The molecule has 0 unspecified atom stereocenters. The van der Waals surface area contributed by atoms with Crippen molar-refractivity contribution >= 4 is 11.8 Å². The molecule has 0 spiro atoms. The van der Waals surface area contributed by atoms with E-state index in [-0.39, 0.29) is 48.3 Å². The number of amides is 2. The first-order valence-electron chi connectivity index (χ1n) is 12.3. The number of aromatic nitrogens is 1. The minimum absolute atomic E-state index is 0.0373. The van der Waals surface area contributed by atoms with Gasteiger partial charge in [0.2, 0.25) is 11.8 Å². The topological polar surface area (TPSA) is 92.2 Å². The second-order valence-corrected chi connectivity index (χ2v) is 9.36. The Morgan fingerprint density at radius 1 is 1.38 bits per heavy atom. The molecule has 1 aromatic heterocycles. The molecule has 186 valence electrons. The van der Waals surface area contributed by atoms with Crippen LogP contribution >= 0.6 is 0 Å². The van der Waals surface area contributed by atoms with E-state index < -0.39 is 0 Å². The van der Waals surface area contributed by atoms with Gasteiger partial charge in [-0.05, 0) is 32.3 Å². The SMILES string of the molecule is CCCC#Cc1cnc2c(c1)C(=O)N([C@@H](C)CO)C[C@H](C)[C@H](CN(C)C(=O)C1CCOCC1)O2. The van der Waals surface area contributed by atoms with Gasteiger partial charge in [0, 0.05) is 56.8 Å². The number of carbonyl (C=O) groups is 2. The molecule has 2 aliphatic heterocycles. The molecular weight excluding hydrogens is 434 g/mol. The Morgan fingerprint density at radius 2 is 2.12 bits per heavy atom. The van der Waals surface area contributed by atoms with Gasteiger partial charge >= 0.3 is 0 Å². The standard InChI is InChI=1S/C26H37N3O5/c1-5-6-7-8-20-13-22-24(27-14-20)34-23(18(2)15-29(26(22)32)19(3)17-30)16-28(4)25(31)21-9-11-33-12-10-21/h13-14,18-19,21,23,30H,5-6,9-12,15-17H2,1-4H3/t18-,19-,23-/m0/s1. The van der Waals surface area contributed by atoms with Gasteiger partial charge < -0.3 is 24.4 Å². The summed E-state index contributed by atoms with van der Waals surface area (Å²) in [4.78, 5) is 34.3. The van der Waals surface area contributed by atoms with Gasteiger partial charge in [-0.1, -0.05) is 25.7 Å². The lowest BCUT2D eigenvalue weighted by Gasteiger charge is -2.38. The summed E-state index contributed by atoms with van der Waals surface area (Å²) in [5.74, 6) is 6.12. The fourth-order valence-corrected chi connectivity index (χ4v) is 4.29. The first-order valence-corrected chi connectivity index (χ1v) is 12.3. The molecule has 1 saturated heterocycles. The lowest BCUT2D eigenvalue weighted by atomic mass is 9.97. The number of unbranched alkanes of at least 4 members (excludes halogenated alkanes) is 1. The number of rotatable bonds is 6. The van der Waals surface area contributed by atoms with Crippen LogP contribution in [0.25, 0.3) is 0 Å². The molecule has 8 heteroatoms. The number of nitrogens with zero attached hydrogens (tertiary/aromatic N) is 3. The van der Waals surface area contributed by atoms with Crippen LogP contribution < -0.4 is 4.74 Å². The number of ether oxygens (including phenoxy) is 2. The van der Waals surface area contributed by atoms with Crippen LogP contribution in [-0.4, -0.2) is 83.8 Å². The van der Waals surface area contributed by atoms with Gasteiger partial charge in [0.05, 0.1) is 19.2 Å². The van der Waals surface area contributed by atoms with E-state index in [1.807, 2.05) is 13.8 Å². The van der Waals surface area contributed by atoms with Gasteiger partial charge in [-0.2, -0.15) is 0 Å². The Balaban J connectivity index is 1.88. The Hall–Kier alpha value is -2.63. The Morgan fingerprint density at radius 3 is 2.79 bits per heavy atom. The van der Waals surface area contributed by atoms with Crippen molar-refractivity contribution in [1.29, 1.82) is 0 Å². The van der Waals surface area contributed by atoms with Gasteiger partial charge in [-0.15, -0.1) is 0 Å². The van der Waals surface area contributed by atoms with Crippen molar-refractivity contribution in [1.82, 2.24) is 14.8 Å². The maximum atomic E-state index is 13.4. The molecule has 0 bridgehead atoms. The van der Waals surface area contributed by atoms with Gasteiger partial charge in [0.25, 0.3) is 5.91 Å². The molecule has 3 rings (SSSR count). The maximum Gasteiger partial charge on any atom is 0.259 e. The molecule has 0 radical (unpaired) electrons. The zero-order valence-electron chi connectivity index (χ0n) is 20.7.